The predicted octanol–water partition coefficient (Wildman–Crippen LogP) is 2.56. The number of hydrogen-bond acceptors (Lipinski definition) is 3. The van der Waals surface area contributed by atoms with Gasteiger partial charge in [0.1, 0.15) is 12.1 Å². The lowest BCUT2D eigenvalue weighted by Gasteiger charge is -2.27. The zero-order valence-corrected chi connectivity index (χ0v) is 16.1. The van der Waals surface area contributed by atoms with Crippen molar-refractivity contribution in [3.63, 3.8) is 0 Å². The van der Waals surface area contributed by atoms with Crippen molar-refractivity contribution in [3.8, 4) is 0 Å². The second-order valence-corrected chi connectivity index (χ2v) is 7.17. The van der Waals surface area contributed by atoms with E-state index < -0.39 is 12.1 Å². The van der Waals surface area contributed by atoms with Gasteiger partial charge in [-0.1, -0.05) is 48.5 Å². The number of benzene rings is 2. The first-order chi connectivity index (χ1) is 13.5. The monoisotopic (exact) mass is 379 g/mol. The van der Waals surface area contributed by atoms with Crippen LogP contribution >= 0.6 is 0 Å². The second-order valence-electron chi connectivity index (χ2n) is 7.17. The van der Waals surface area contributed by atoms with Crippen LogP contribution in [0.3, 0.4) is 0 Å². The standard InChI is InChI=1S/C22H25N3O3/c1-15(2)23-22(28)20(16-9-5-3-6-10-16)24-21(27)18-13-14-19(26)25(18)17-11-7-4-8-12-17/h3-12,15,18,20H,13-14H2,1-2H3,(H,23,28)(H,24,27). The van der Waals surface area contributed by atoms with Gasteiger partial charge in [-0.3, -0.25) is 19.3 Å². The Bertz CT molecular complexity index is 837. The zero-order chi connectivity index (χ0) is 20.1. The molecule has 28 heavy (non-hydrogen) atoms. The highest BCUT2D eigenvalue weighted by atomic mass is 16.2. The van der Waals surface area contributed by atoms with Crippen LogP contribution in [-0.2, 0) is 14.4 Å². The molecule has 1 fully saturated rings. The highest BCUT2D eigenvalue weighted by Crippen LogP contribution is 2.27. The Labute approximate surface area is 164 Å². The van der Waals surface area contributed by atoms with E-state index in [0.717, 1.165) is 0 Å². The van der Waals surface area contributed by atoms with Crippen LogP contribution < -0.4 is 15.5 Å². The second kappa shape index (κ2) is 8.69. The topological polar surface area (TPSA) is 78.5 Å². The Morgan fingerprint density at radius 2 is 1.57 bits per heavy atom. The molecule has 6 nitrogen and oxygen atoms in total. The largest absolute Gasteiger partial charge is 0.352 e. The van der Waals surface area contributed by atoms with E-state index in [0.29, 0.717) is 24.1 Å². The molecule has 0 bridgehead atoms. The molecule has 1 aliphatic rings. The van der Waals surface area contributed by atoms with Crippen molar-refractivity contribution in [3.05, 3.63) is 66.2 Å². The summed E-state index contributed by atoms with van der Waals surface area (Å²) in [6.45, 7) is 3.74. The van der Waals surface area contributed by atoms with E-state index >= 15 is 0 Å². The Balaban J connectivity index is 1.83. The van der Waals surface area contributed by atoms with E-state index in [-0.39, 0.29) is 23.8 Å². The van der Waals surface area contributed by atoms with Crippen molar-refractivity contribution in [2.45, 2.75) is 44.8 Å². The van der Waals surface area contributed by atoms with Gasteiger partial charge in [0.2, 0.25) is 17.7 Å². The third-order valence-corrected chi connectivity index (χ3v) is 4.66. The maximum absolute atomic E-state index is 13.1. The quantitative estimate of drug-likeness (QED) is 0.810. The molecule has 6 heteroatoms. The number of amides is 3. The number of hydrogen-bond donors (Lipinski definition) is 2. The van der Waals surface area contributed by atoms with E-state index in [1.165, 1.54) is 4.90 Å². The van der Waals surface area contributed by atoms with Gasteiger partial charge >= 0.3 is 0 Å². The number of carbonyl (C=O) groups excluding carboxylic acids is 3. The van der Waals surface area contributed by atoms with Gasteiger partial charge in [-0.05, 0) is 38.0 Å². The zero-order valence-electron chi connectivity index (χ0n) is 16.1. The summed E-state index contributed by atoms with van der Waals surface area (Å²) in [5.41, 5.74) is 1.39. The van der Waals surface area contributed by atoms with Crippen molar-refractivity contribution in [2.75, 3.05) is 4.90 Å². The molecule has 3 rings (SSSR count). The van der Waals surface area contributed by atoms with E-state index in [1.807, 2.05) is 62.4 Å². The predicted molar refractivity (Wildman–Crippen MR) is 108 cm³/mol. The first-order valence-corrected chi connectivity index (χ1v) is 9.50. The third-order valence-electron chi connectivity index (χ3n) is 4.66. The maximum Gasteiger partial charge on any atom is 0.247 e. The number of para-hydroxylation sites is 1. The average molecular weight is 379 g/mol. The molecule has 2 unspecified atom stereocenters. The molecule has 2 aromatic carbocycles. The Hall–Kier alpha value is -3.15. The Kier molecular flexibility index (Phi) is 6.09. The van der Waals surface area contributed by atoms with Crippen LogP contribution in [0.5, 0.6) is 0 Å². The minimum atomic E-state index is -0.815. The van der Waals surface area contributed by atoms with Gasteiger partial charge in [0.25, 0.3) is 0 Å². The third kappa shape index (κ3) is 4.39. The molecule has 1 aliphatic heterocycles. The normalized spacial score (nSPS) is 17.5. The fourth-order valence-electron chi connectivity index (χ4n) is 3.40. The summed E-state index contributed by atoms with van der Waals surface area (Å²) in [6.07, 6.45) is 0.730. The van der Waals surface area contributed by atoms with Gasteiger partial charge in [-0.15, -0.1) is 0 Å². The summed E-state index contributed by atoms with van der Waals surface area (Å²) < 4.78 is 0. The van der Waals surface area contributed by atoms with Crippen LogP contribution in [0.4, 0.5) is 5.69 Å². The molecule has 146 valence electrons. The Morgan fingerprint density at radius 1 is 0.964 bits per heavy atom. The molecule has 2 aromatic rings. The van der Waals surface area contributed by atoms with Gasteiger partial charge in [0, 0.05) is 18.2 Å². The lowest BCUT2D eigenvalue weighted by Crippen LogP contribution is -2.49. The molecule has 3 amide bonds. The van der Waals surface area contributed by atoms with Gasteiger partial charge in [-0.25, -0.2) is 0 Å². The molecule has 2 N–H and O–H groups in total. The highest BCUT2D eigenvalue weighted by Gasteiger charge is 2.38. The first kappa shape index (κ1) is 19.6. The number of carbonyl (C=O) groups is 3. The maximum atomic E-state index is 13.1. The summed E-state index contributed by atoms with van der Waals surface area (Å²) >= 11 is 0. The van der Waals surface area contributed by atoms with Gasteiger partial charge < -0.3 is 10.6 Å². The molecule has 0 aliphatic carbocycles. The lowest BCUT2D eigenvalue weighted by atomic mass is 10.0. The van der Waals surface area contributed by atoms with Crippen LogP contribution in [0.15, 0.2) is 60.7 Å². The van der Waals surface area contributed by atoms with E-state index in [2.05, 4.69) is 10.6 Å². The first-order valence-electron chi connectivity index (χ1n) is 9.50. The van der Waals surface area contributed by atoms with Crippen molar-refractivity contribution >= 4 is 23.4 Å². The van der Waals surface area contributed by atoms with Crippen LogP contribution in [0.25, 0.3) is 0 Å². The number of nitrogens with one attached hydrogen (secondary N) is 2. The molecule has 0 spiro atoms. The van der Waals surface area contributed by atoms with Crippen molar-refractivity contribution in [2.24, 2.45) is 0 Å². The van der Waals surface area contributed by atoms with E-state index in [1.54, 1.807) is 12.1 Å². The smallest absolute Gasteiger partial charge is 0.247 e. The van der Waals surface area contributed by atoms with Gasteiger partial charge in [0.15, 0.2) is 0 Å². The molecule has 0 saturated carbocycles. The molecular weight excluding hydrogens is 354 g/mol. The summed E-state index contributed by atoms with van der Waals surface area (Å²) in [4.78, 5) is 39.7. The number of nitrogens with zero attached hydrogens (tertiary/aromatic N) is 1. The summed E-state index contributed by atoms with van der Waals surface area (Å²) in [5.74, 6) is -0.693. The molecule has 2 atom stereocenters. The highest BCUT2D eigenvalue weighted by molar-refractivity contribution is 6.04. The van der Waals surface area contributed by atoms with Crippen molar-refractivity contribution in [1.29, 1.82) is 0 Å². The summed E-state index contributed by atoms with van der Waals surface area (Å²) in [6, 6.07) is 16.8. The molecule has 1 heterocycles. The molecule has 1 saturated heterocycles. The van der Waals surface area contributed by atoms with Crippen LogP contribution in [-0.4, -0.2) is 29.8 Å². The number of rotatable bonds is 6. The van der Waals surface area contributed by atoms with Crippen molar-refractivity contribution in [1.82, 2.24) is 10.6 Å². The SMILES string of the molecule is CC(C)NC(=O)C(NC(=O)C1CCC(=O)N1c1ccccc1)c1ccccc1. The van der Waals surface area contributed by atoms with Gasteiger partial charge in [-0.2, -0.15) is 0 Å². The molecular formula is C22H25N3O3. The van der Waals surface area contributed by atoms with E-state index in [9.17, 15) is 14.4 Å². The van der Waals surface area contributed by atoms with Crippen LogP contribution in [0, 0.1) is 0 Å². The average Bonchev–Trinajstić information content (AvgIpc) is 3.08. The number of anilines is 1. The summed E-state index contributed by atoms with van der Waals surface area (Å²) in [7, 11) is 0. The summed E-state index contributed by atoms with van der Waals surface area (Å²) in [5, 5.41) is 5.71. The minimum Gasteiger partial charge on any atom is -0.352 e. The van der Waals surface area contributed by atoms with Crippen molar-refractivity contribution < 1.29 is 14.4 Å². The lowest BCUT2D eigenvalue weighted by molar-refractivity contribution is -0.130. The van der Waals surface area contributed by atoms with Crippen LogP contribution in [0.1, 0.15) is 38.3 Å². The fraction of sp³-hybridized carbons (Fsp3) is 0.318. The fourth-order valence-corrected chi connectivity index (χ4v) is 3.40. The molecule has 0 aromatic heterocycles. The van der Waals surface area contributed by atoms with E-state index in [4.69, 9.17) is 0 Å². The molecule has 0 radical (unpaired) electrons. The Morgan fingerprint density at radius 3 is 2.18 bits per heavy atom. The minimum absolute atomic E-state index is 0.0514. The van der Waals surface area contributed by atoms with Gasteiger partial charge in [0.05, 0.1) is 0 Å². The van der Waals surface area contributed by atoms with Crippen LogP contribution in [0.2, 0.25) is 0 Å².